The summed E-state index contributed by atoms with van der Waals surface area (Å²) in [5, 5.41) is 10.9. The topological polar surface area (TPSA) is 85.2 Å². The van der Waals surface area contributed by atoms with Gasteiger partial charge in [-0.2, -0.15) is 0 Å². The van der Waals surface area contributed by atoms with Gasteiger partial charge >= 0.3 is 5.97 Å². The molecule has 0 spiro atoms. The van der Waals surface area contributed by atoms with Gasteiger partial charge in [-0.15, -0.1) is 0 Å². The molecular formula is C32H27N3O3. The van der Waals surface area contributed by atoms with Gasteiger partial charge in [0.05, 0.1) is 11.1 Å². The molecule has 6 nitrogen and oxygen atoms in total. The third kappa shape index (κ3) is 5.15. The predicted molar refractivity (Wildman–Crippen MR) is 148 cm³/mol. The summed E-state index contributed by atoms with van der Waals surface area (Å²) in [5.41, 5.74) is 7.15. The second-order valence-electron chi connectivity index (χ2n) is 9.34. The molecule has 4 aromatic carbocycles. The van der Waals surface area contributed by atoms with E-state index >= 15 is 0 Å². The van der Waals surface area contributed by atoms with Crippen LogP contribution in [0.1, 0.15) is 32.6 Å². The van der Waals surface area contributed by atoms with Gasteiger partial charge in [0.1, 0.15) is 11.5 Å². The maximum Gasteiger partial charge on any atom is 0.343 e. The van der Waals surface area contributed by atoms with E-state index in [0.29, 0.717) is 28.6 Å². The fourth-order valence-corrected chi connectivity index (χ4v) is 4.02. The minimum atomic E-state index is -0.507. The molecule has 38 heavy (non-hydrogen) atoms. The molecule has 5 aromatic rings. The highest BCUT2D eigenvalue weighted by atomic mass is 16.5. The zero-order chi connectivity index (χ0) is 26.8. The first kappa shape index (κ1) is 24.8. The first-order chi connectivity index (χ1) is 18.3. The van der Waals surface area contributed by atoms with Crippen LogP contribution < -0.4 is 4.74 Å². The summed E-state index contributed by atoms with van der Waals surface area (Å²) in [6.45, 7) is 8.21. The van der Waals surface area contributed by atoms with Crippen molar-refractivity contribution in [1.82, 2.24) is 15.0 Å². The molecule has 0 aliphatic carbocycles. The lowest BCUT2D eigenvalue weighted by atomic mass is 10.0. The highest BCUT2D eigenvalue weighted by molar-refractivity contribution is 5.91. The second-order valence-corrected chi connectivity index (χ2v) is 9.34. The zero-order valence-electron chi connectivity index (χ0n) is 21.7. The van der Waals surface area contributed by atoms with Crippen LogP contribution in [0.5, 0.6) is 11.5 Å². The Labute approximate surface area is 221 Å². The number of nitrogens with zero attached hydrogens (tertiary/aromatic N) is 3. The van der Waals surface area contributed by atoms with Gasteiger partial charge in [-0.25, -0.2) is 19.7 Å². The summed E-state index contributed by atoms with van der Waals surface area (Å²) in [6, 6.07) is 25.5. The van der Waals surface area contributed by atoms with E-state index in [0.717, 1.165) is 22.3 Å². The van der Waals surface area contributed by atoms with Gasteiger partial charge in [-0.1, -0.05) is 42.5 Å². The van der Waals surface area contributed by atoms with Gasteiger partial charge in [0, 0.05) is 17.2 Å². The Kier molecular flexibility index (Phi) is 6.71. The van der Waals surface area contributed by atoms with Crippen LogP contribution in [0.3, 0.4) is 0 Å². The average Bonchev–Trinajstić information content (AvgIpc) is 2.92. The van der Waals surface area contributed by atoms with E-state index in [1.165, 1.54) is 17.2 Å². The molecule has 0 saturated carbocycles. The van der Waals surface area contributed by atoms with Gasteiger partial charge in [0.15, 0.2) is 17.5 Å². The minimum absolute atomic E-state index is 0.105. The molecule has 0 atom stereocenters. The highest BCUT2D eigenvalue weighted by Gasteiger charge is 2.17. The monoisotopic (exact) mass is 501 g/mol. The number of phenolic OH excluding ortho intramolecular Hbond substituents is 1. The Bertz CT molecular complexity index is 1590. The SMILES string of the molecule is Cc1ccc(-c2nc(-c3ccc(C)c(C)c3)nc(-c3ccc(OC(=O)c4ccccc4)cc3O)n2)cc1C. The molecule has 0 radical (unpaired) electrons. The van der Waals surface area contributed by atoms with Crippen LogP contribution >= 0.6 is 0 Å². The lowest BCUT2D eigenvalue weighted by Crippen LogP contribution is -2.08. The van der Waals surface area contributed by atoms with Crippen LogP contribution in [0, 0.1) is 27.7 Å². The number of aromatic nitrogens is 3. The van der Waals surface area contributed by atoms with Crippen molar-refractivity contribution in [3.05, 3.63) is 113 Å². The summed E-state index contributed by atoms with van der Waals surface area (Å²) in [7, 11) is 0. The Morgan fingerprint density at radius 3 is 1.71 bits per heavy atom. The number of rotatable bonds is 5. The molecule has 1 N–H and O–H groups in total. The van der Waals surface area contributed by atoms with Crippen LogP contribution in [0.25, 0.3) is 34.2 Å². The molecule has 0 aliphatic heterocycles. The molecule has 5 rings (SSSR count). The maximum absolute atomic E-state index is 12.4. The molecule has 6 heteroatoms. The first-order valence-electron chi connectivity index (χ1n) is 12.3. The molecule has 0 fully saturated rings. The molecule has 0 aliphatic rings. The van der Waals surface area contributed by atoms with Crippen molar-refractivity contribution >= 4 is 5.97 Å². The first-order valence-corrected chi connectivity index (χ1v) is 12.3. The predicted octanol–water partition coefficient (Wildman–Crippen LogP) is 7.03. The van der Waals surface area contributed by atoms with Gasteiger partial charge in [-0.05, 0) is 86.3 Å². The van der Waals surface area contributed by atoms with Crippen molar-refractivity contribution < 1.29 is 14.6 Å². The van der Waals surface area contributed by atoms with E-state index in [1.54, 1.807) is 36.4 Å². The van der Waals surface area contributed by atoms with Crippen LogP contribution in [-0.2, 0) is 0 Å². The molecule has 188 valence electrons. The standard InChI is InChI=1S/C32H27N3O3/c1-19-10-12-24(16-21(19)3)29-33-30(25-13-11-20(2)22(4)17-25)35-31(34-29)27-15-14-26(18-28(27)36)38-32(37)23-8-6-5-7-9-23/h5-18,36H,1-4H3. The van der Waals surface area contributed by atoms with Crippen molar-refractivity contribution in [1.29, 1.82) is 0 Å². The number of aromatic hydroxyl groups is 1. The van der Waals surface area contributed by atoms with E-state index in [4.69, 9.17) is 19.7 Å². The van der Waals surface area contributed by atoms with E-state index in [2.05, 4.69) is 13.8 Å². The van der Waals surface area contributed by atoms with Gasteiger partial charge in [0.25, 0.3) is 0 Å². The molecule has 0 unspecified atom stereocenters. The summed E-state index contributed by atoms with van der Waals surface area (Å²) in [5.74, 6) is 0.937. The van der Waals surface area contributed by atoms with E-state index in [9.17, 15) is 9.90 Å². The Morgan fingerprint density at radius 1 is 0.632 bits per heavy atom. The third-order valence-corrected chi connectivity index (χ3v) is 6.60. The average molecular weight is 502 g/mol. The number of benzene rings is 4. The van der Waals surface area contributed by atoms with Crippen LogP contribution in [0.15, 0.2) is 84.9 Å². The number of carbonyl (C=O) groups is 1. The fourth-order valence-electron chi connectivity index (χ4n) is 4.02. The maximum atomic E-state index is 12.4. The van der Waals surface area contributed by atoms with Gasteiger partial charge in [0.2, 0.25) is 0 Å². The van der Waals surface area contributed by atoms with E-state index in [-0.39, 0.29) is 11.5 Å². The zero-order valence-corrected chi connectivity index (χ0v) is 21.7. The molecule has 1 heterocycles. The number of ether oxygens (including phenoxy) is 1. The quantitative estimate of drug-likeness (QED) is 0.206. The number of esters is 1. The van der Waals surface area contributed by atoms with Crippen molar-refractivity contribution in [3.8, 4) is 45.7 Å². The number of hydrogen-bond donors (Lipinski definition) is 1. The summed E-state index contributed by atoms with van der Waals surface area (Å²) in [6.07, 6.45) is 0. The largest absolute Gasteiger partial charge is 0.507 e. The number of hydrogen-bond acceptors (Lipinski definition) is 6. The smallest absolute Gasteiger partial charge is 0.343 e. The molecule has 0 saturated heterocycles. The van der Waals surface area contributed by atoms with Crippen molar-refractivity contribution in [2.75, 3.05) is 0 Å². The third-order valence-electron chi connectivity index (χ3n) is 6.60. The normalized spacial score (nSPS) is 10.8. The van der Waals surface area contributed by atoms with Gasteiger partial charge in [-0.3, -0.25) is 0 Å². The van der Waals surface area contributed by atoms with Crippen molar-refractivity contribution in [2.45, 2.75) is 27.7 Å². The van der Waals surface area contributed by atoms with Crippen molar-refractivity contribution in [3.63, 3.8) is 0 Å². The Morgan fingerprint density at radius 2 is 1.18 bits per heavy atom. The fraction of sp³-hybridized carbons (Fsp3) is 0.125. The highest BCUT2D eigenvalue weighted by Crippen LogP contribution is 2.33. The van der Waals surface area contributed by atoms with E-state index in [1.807, 2.05) is 56.3 Å². The Hall–Kier alpha value is -4.84. The van der Waals surface area contributed by atoms with Crippen molar-refractivity contribution in [2.24, 2.45) is 0 Å². The molecule has 0 bridgehead atoms. The number of carbonyl (C=O) groups excluding carboxylic acids is 1. The summed E-state index contributed by atoms with van der Waals surface area (Å²) < 4.78 is 5.45. The van der Waals surface area contributed by atoms with Crippen LogP contribution in [0.2, 0.25) is 0 Å². The summed E-state index contributed by atoms with van der Waals surface area (Å²) in [4.78, 5) is 26.7. The van der Waals surface area contributed by atoms with Crippen LogP contribution in [0.4, 0.5) is 0 Å². The Balaban J connectivity index is 1.57. The van der Waals surface area contributed by atoms with Gasteiger partial charge < -0.3 is 9.84 Å². The van der Waals surface area contributed by atoms with E-state index < -0.39 is 5.97 Å². The molecule has 1 aromatic heterocycles. The molecular weight excluding hydrogens is 474 g/mol. The summed E-state index contributed by atoms with van der Waals surface area (Å²) >= 11 is 0. The number of aryl methyl sites for hydroxylation is 4. The molecule has 0 amide bonds. The number of phenols is 1. The second kappa shape index (κ2) is 10.3. The lowest BCUT2D eigenvalue weighted by Gasteiger charge is -2.12. The minimum Gasteiger partial charge on any atom is -0.507 e. The lowest BCUT2D eigenvalue weighted by molar-refractivity contribution is 0.0734. The van der Waals surface area contributed by atoms with Crippen LogP contribution in [-0.4, -0.2) is 26.0 Å².